The van der Waals surface area contributed by atoms with Crippen molar-refractivity contribution in [3.63, 3.8) is 0 Å². The standard InChI is InChI=1S/C23H25ClN4OS/c1-5-12-28-22(18-8-10-20(24)11-9-18)26-27-23(28)30-14-21(29)25-17(4)19-7-6-15(2)16(3)13-19/h5-11,13,17H,1,12,14H2,2-4H3,(H,25,29). The Kier molecular flexibility index (Phi) is 7.34. The molecule has 3 aromatic rings. The van der Waals surface area contributed by atoms with Crippen molar-refractivity contribution in [1.29, 1.82) is 0 Å². The fourth-order valence-electron chi connectivity index (χ4n) is 3.03. The Balaban J connectivity index is 1.67. The van der Waals surface area contributed by atoms with E-state index in [2.05, 4.69) is 54.1 Å². The van der Waals surface area contributed by atoms with Crippen molar-refractivity contribution in [2.45, 2.75) is 38.5 Å². The first-order valence-corrected chi connectivity index (χ1v) is 11.0. The van der Waals surface area contributed by atoms with Crippen LogP contribution in [0.2, 0.25) is 5.02 Å². The van der Waals surface area contributed by atoms with Crippen molar-refractivity contribution in [1.82, 2.24) is 20.1 Å². The van der Waals surface area contributed by atoms with Crippen LogP contribution in [0.5, 0.6) is 0 Å². The highest BCUT2D eigenvalue weighted by molar-refractivity contribution is 7.99. The molecular weight excluding hydrogens is 416 g/mol. The minimum absolute atomic E-state index is 0.0491. The second kappa shape index (κ2) is 9.96. The molecule has 0 bridgehead atoms. The predicted octanol–water partition coefficient (Wildman–Crippen LogP) is 5.37. The number of aromatic nitrogens is 3. The van der Waals surface area contributed by atoms with Gasteiger partial charge in [0.15, 0.2) is 11.0 Å². The molecule has 0 spiro atoms. The number of hydrogen-bond acceptors (Lipinski definition) is 4. The van der Waals surface area contributed by atoms with Gasteiger partial charge in [0, 0.05) is 17.1 Å². The number of hydrogen-bond donors (Lipinski definition) is 1. The molecule has 0 fully saturated rings. The van der Waals surface area contributed by atoms with Gasteiger partial charge in [0.25, 0.3) is 0 Å². The van der Waals surface area contributed by atoms with Crippen molar-refractivity contribution in [2.75, 3.05) is 5.75 Å². The average Bonchev–Trinajstić information content (AvgIpc) is 3.12. The third-order valence-electron chi connectivity index (χ3n) is 4.87. The lowest BCUT2D eigenvalue weighted by molar-refractivity contribution is -0.119. The highest BCUT2D eigenvalue weighted by Crippen LogP contribution is 2.25. The van der Waals surface area contributed by atoms with Crippen LogP contribution < -0.4 is 5.32 Å². The third kappa shape index (κ3) is 5.32. The first-order chi connectivity index (χ1) is 14.4. The van der Waals surface area contributed by atoms with Crippen molar-refractivity contribution in [2.24, 2.45) is 0 Å². The summed E-state index contributed by atoms with van der Waals surface area (Å²) >= 11 is 7.34. The van der Waals surface area contributed by atoms with E-state index in [0.29, 0.717) is 16.7 Å². The Morgan fingerprint density at radius 2 is 1.93 bits per heavy atom. The molecule has 1 aromatic heterocycles. The first kappa shape index (κ1) is 22.1. The Morgan fingerprint density at radius 1 is 1.20 bits per heavy atom. The maximum absolute atomic E-state index is 12.5. The average molecular weight is 441 g/mol. The summed E-state index contributed by atoms with van der Waals surface area (Å²) in [5.41, 5.74) is 4.46. The van der Waals surface area contributed by atoms with E-state index in [9.17, 15) is 4.79 Å². The highest BCUT2D eigenvalue weighted by atomic mass is 35.5. The van der Waals surface area contributed by atoms with E-state index in [4.69, 9.17) is 11.6 Å². The van der Waals surface area contributed by atoms with Crippen molar-refractivity contribution in [3.8, 4) is 11.4 Å². The lowest BCUT2D eigenvalue weighted by atomic mass is 10.0. The number of carbonyl (C=O) groups is 1. The molecule has 1 unspecified atom stereocenters. The number of halogens is 1. The smallest absolute Gasteiger partial charge is 0.230 e. The van der Waals surface area contributed by atoms with E-state index in [-0.39, 0.29) is 17.7 Å². The number of rotatable bonds is 8. The molecule has 0 saturated heterocycles. The maximum atomic E-state index is 12.5. The molecule has 30 heavy (non-hydrogen) atoms. The summed E-state index contributed by atoms with van der Waals surface area (Å²) in [4.78, 5) is 12.5. The second-order valence-corrected chi connectivity index (χ2v) is 8.51. The lowest BCUT2D eigenvalue weighted by Crippen LogP contribution is -2.28. The van der Waals surface area contributed by atoms with E-state index in [1.54, 1.807) is 6.08 Å². The van der Waals surface area contributed by atoms with Crippen LogP contribution in [0.15, 0.2) is 60.3 Å². The van der Waals surface area contributed by atoms with Crippen molar-refractivity contribution >= 4 is 29.3 Å². The Labute approximate surface area is 186 Å². The molecule has 0 saturated carbocycles. The van der Waals surface area contributed by atoms with E-state index in [1.165, 1.54) is 22.9 Å². The highest BCUT2D eigenvalue weighted by Gasteiger charge is 2.16. The number of benzene rings is 2. The van der Waals surface area contributed by atoms with Crippen LogP contribution >= 0.6 is 23.4 Å². The predicted molar refractivity (Wildman–Crippen MR) is 124 cm³/mol. The molecule has 3 rings (SSSR count). The molecule has 1 N–H and O–H groups in total. The normalized spacial score (nSPS) is 11.9. The molecule has 5 nitrogen and oxygen atoms in total. The van der Waals surface area contributed by atoms with Gasteiger partial charge in [-0.1, -0.05) is 47.6 Å². The summed E-state index contributed by atoms with van der Waals surface area (Å²) in [5.74, 6) is 0.926. The van der Waals surface area contributed by atoms with Gasteiger partial charge in [0.2, 0.25) is 5.91 Å². The first-order valence-electron chi connectivity index (χ1n) is 9.68. The van der Waals surface area contributed by atoms with Gasteiger partial charge >= 0.3 is 0 Å². The number of thioether (sulfide) groups is 1. The van der Waals surface area contributed by atoms with Crippen LogP contribution in [0.25, 0.3) is 11.4 Å². The van der Waals surface area contributed by atoms with Gasteiger partial charge in [-0.3, -0.25) is 9.36 Å². The summed E-state index contributed by atoms with van der Waals surface area (Å²) in [6.45, 7) is 10.5. The SMILES string of the molecule is C=CCn1c(SCC(=O)NC(C)c2ccc(C)c(C)c2)nnc1-c1ccc(Cl)cc1. The monoisotopic (exact) mass is 440 g/mol. The van der Waals surface area contributed by atoms with Crippen LogP contribution in [-0.2, 0) is 11.3 Å². The lowest BCUT2D eigenvalue weighted by Gasteiger charge is -2.15. The molecule has 2 aromatic carbocycles. The third-order valence-corrected chi connectivity index (χ3v) is 6.09. The van der Waals surface area contributed by atoms with Gasteiger partial charge < -0.3 is 5.32 Å². The Bertz CT molecular complexity index is 1050. The minimum Gasteiger partial charge on any atom is -0.349 e. The molecule has 0 aliphatic carbocycles. The topological polar surface area (TPSA) is 59.8 Å². The largest absolute Gasteiger partial charge is 0.349 e. The number of nitrogens with zero attached hydrogens (tertiary/aromatic N) is 3. The fraction of sp³-hybridized carbons (Fsp3) is 0.261. The number of amides is 1. The van der Waals surface area contributed by atoms with E-state index < -0.39 is 0 Å². The zero-order valence-corrected chi connectivity index (χ0v) is 18.9. The molecule has 156 valence electrons. The summed E-state index contributed by atoms with van der Waals surface area (Å²) in [5, 5.41) is 13.0. The van der Waals surface area contributed by atoms with E-state index >= 15 is 0 Å². The van der Waals surface area contributed by atoms with Crippen LogP contribution in [0.1, 0.15) is 29.7 Å². The molecule has 0 radical (unpaired) electrons. The fourth-order valence-corrected chi connectivity index (χ4v) is 3.92. The second-order valence-electron chi connectivity index (χ2n) is 7.13. The van der Waals surface area contributed by atoms with Gasteiger partial charge in [-0.05, 0) is 61.7 Å². The van der Waals surface area contributed by atoms with Crippen LogP contribution in [0.3, 0.4) is 0 Å². The molecule has 1 atom stereocenters. The molecule has 1 amide bonds. The zero-order chi connectivity index (χ0) is 21.7. The molecule has 0 aliphatic heterocycles. The van der Waals surface area contributed by atoms with Crippen molar-refractivity contribution < 1.29 is 4.79 Å². The summed E-state index contributed by atoms with van der Waals surface area (Å²) < 4.78 is 1.95. The van der Waals surface area contributed by atoms with Gasteiger partial charge in [-0.2, -0.15) is 0 Å². The van der Waals surface area contributed by atoms with Gasteiger partial charge in [0.05, 0.1) is 11.8 Å². The van der Waals surface area contributed by atoms with Crippen LogP contribution in [-0.4, -0.2) is 26.4 Å². The summed E-state index contributed by atoms with van der Waals surface area (Å²) in [6, 6.07) is 13.6. The quantitative estimate of drug-likeness (QED) is 0.378. The number of allylic oxidation sites excluding steroid dienone is 1. The summed E-state index contributed by atoms with van der Waals surface area (Å²) in [6.07, 6.45) is 1.79. The molecule has 0 aliphatic rings. The molecule has 1 heterocycles. The van der Waals surface area contributed by atoms with Crippen molar-refractivity contribution in [3.05, 3.63) is 76.8 Å². The molecule has 7 heteroatoms. The summed E-state index contributed by atoms with van der Waals surface area (Å²) in [7, 11) is 0. The Morgan fingerprint density at radius 3 is 2.60 bits per heavy atom. The maximum Gasteiger partial charge on any atom is 0.230 e. The minimum atomic E-state index is -0.0620. The zero-order valence-electron chi connectivity index (χ0n) is 17.4. The number of carbonyl (C=O) groups excluding carboxylic acids is 1. The van der Waals surface area contributed by atoms with Gasteiger partial charge in [-0.25, -0.2) is 0 Å². The van der Waals surface area contributed by atoms with Crippen LogP contribution in [0, 0.1) is 13.8 Å². The number of aryl methyl sites for hydroxylation is 2. The van der Waals surface area contributed by atoms with E-state index in [1.807, 2.05) is 35.8 Å². The van der Waals surface area contributed by atoms with Gasteiger partial charge in [-0.15, -0.1) is 16.8 Å². The number of nitrogens with one attached hydrogen (secondary N) is 1. The Hall–Kier alpha value is -2.57. The van der Waals surface area contributed by atoms with Crippen LogP contribution in [0.4, 0.5) is 0 Å². The molecular formula is C23H25ClN4OS. The van der Waals surface area contributed by atoms with E-state index in [0.717, 1.165) is 17.0 Å². The van der Waals surface area contributed by atoms with Gasteiger partial charge in [0.1, 0.15) is 0 Å².